The second-order valence-electron chi connectivity index (χ2n) is 7.23. The Bertz CT molecular complexity index is 499. The van der Waals surface area contributed by atoms with Gasteiger partial charge in [-0.1, -0.05) is 13.8 Å². The van der Waals surface area contributed by atoms with E-state index in [1.54, 1.807) is 0 Å². The number of amides is 3. The Hall–Kier alpha value is -1.18. The molecule has 3 fully saturated rings. The fraction of sp³-hybridized carbons (Fsp3) is 0.812. The minimum atomic E-state index is -0.380. The summed E-state index contributed by atoms with van der Waals surface area (Å²) in [5, 5.41) is 2.83. The molecule has 8 heteroatoms. The normalized spacial score (nSPS) is 32.1. The van der Waals surface area contributed by atoms with Gasteiger partial charge in [0.15, 0.2) is 0 Å². The largest absolute Gasteiger partial charge is 0.373 e. The summed E-state index contributed by atoms with van der Waals surface area (Å²) in [6, 6.07) is -0.130. The van der Waals surface area contributed by atoms with E-state index in [9.17, 15) is 14.4 Å². The highest BCUT2D eigenvalue weighted by Crippen LogP contribution is 2.48. The number of ether oxygens (including phenoxy) is 1. The zero-order chi connectivity index (χ0) is 16.7. The minimum Gasteiger partial charge on any atom is -0.373 e. The molecule has 0 aliphatic carbocycles. The molecule has 136 valence electrons. The molecule has 0 aromatic carbocycles. The van der Waals surface area contributed by atoms with Crippen molar-refractivity contribution in [3.63, 3.8) is 0 Å². The van der Waals surface area contributed by atoms with E-state index in [0.29, 0.717) is 12.5 Å². The molecule has 5 atom stereocenters. The highest BCUT2D eigenvalue weighted by molar-refractivity contribution is 6.08. The van der Waals surface area contributed by atoms with Crippen LogP contribution in [0.2, 0.25) is 0 Å². The molecule has 0 radical (unpaired) electrons. The maximum Gasteiger partial charge on any atom is 0.240 e. The molecule has 3 rings (SSSR count). The van der Waals surface area contributed by atoms with E-state index in [2.05, 4.69) is 19.2 Å². The molecule has 3 aliphatic heterocycles. The molecule has 3 saturated heterocycles. The van der Waals surface area contributed by atoms with E-state index in [1.807, 2.05) is 0 Å². The number of hydrogen-bond donors (Lipinski definition) is 2. The first-order chi connectivity index (χ1) is 10.9. The topological polar surface area (TPSA) is 102 Å². The van der Waals surface area contributed by atoms with Crippen molar-refractivity contribution in [2.24, 2.45) is 23.5 Å². The van der Waals surface area contributed by atoms with E-state index < -0.39 is 0 Å². The van der Waals surface area contributed by atoms with Gasteiger partial charge in [-0.25, -0.2) is 0 Å². The van der Waals surface area contributed by atoms with Crippen LogP contribution in [-0.2, 0) is 19.1 Å². The molecule has 7 nitrogen and oxygen atoms in total. The lowest BCUT2D eigenvalue weighted by Crippen LogP contribution is -2.47. The van der Waals surface area contributed by atoms with Crippen molar-refractivity contribution in [2.75, 3.05) is 13.1 Å². The highest BCUT2D eigenvalue weighted by Gasteiger charge is 2.62. The Kier molecular flexibility index (Phi) is 5.88. The van der Waals surface area contributed by atoms with Gasteiger partial charge in [-0.05, 0) is 25.2 Å². The molecule has 0 saturated carbocycles. The average Bonchev–Trinajstić information content (AvgIpc) is 3.16. The van der Waals surface area contributed by atoms with Crippen LogP contribution in [0, 0.1) is 17.8 Å². The maximum absolute atomic E-state index is 12.5. The fourth-order valence-electron chi connectivity index (χ4n) is 4.13. The van der Waals surface area contributed by atoms with Crippen LogP contribution < -0.4 is 11.1 Å². The summed E-state index contributed by atoms with van der Waals surface area (Å²) in [5.41, 5.74) is 5.67. The van der Waals surface area contributed by atoms with Gasteiger partial charge in [0.2, 0.25) is 17.7 Å². The quantitative estimate of drug-likeness (QED) is 0.653. The Morgan fingerprint density at radius 1 is 1.25 bits per heavy atom. The third-order valence-electron chi connectivity index (χ3n) is 5.08. The molecular formula is C16H26ClN3O4. The summed E-state index contributed by atoms with van der Waals surface area (Å²) < 4.78 is 5.67. The zero-order valence-corrected chi connectivity index (χ0v) is 14.9. The number of nitrogens with zero attached hydrogens (tertiary/aromatic N) is 1. The standard InChI is InChI=1S/C16H25N3O4.ClH/c1-8(2)5-9(6-17)18-12(20)7-19-15(21)13-10-3-4-11(23-10)14(13)16(19)22;/h8-11,13-14H,3-7,17H2,1-2H3,(H,18,20);1H. The van der Waals surface area contributed by atoms with E-state index in [4.69, 9.17) is 10.5 Å². The van der Waals surface area contributed by atoms with E-state index in [0.717, 1.165) is 24.2 Å². The molecule has 0 aromatic rings. The predicted molar refractivity (Wildman–Crippen MR) is 89.3 cm³/mol. The Balaban J connectivity index is 0.00000208. The summed E-state index contributed by atoms with van der Waals surface area (Å²) in [6.07, 6.45) is 2.13. The Morgan fingerprint density at radius 3 is 2.25 bits per heavy atom. The number of carbonyl (C=O) groups excluding carboxylic acids is 3. The third kappa shape index (κ3) is 3.30. The van der Waals surface area contributed by atoms with E-state index >= 15 is 0 Å². The smallest absolute Gasteiger partial charge is 0.240 e. The van der Waals surface area contributed by atoms with Gasteiger partial charge in [-0.15, -0.1) is 12.4 Å². The lowest BCUT2D eigenvalue weighted by Gasteiger charge is -2.21. The number of hydrogen-bond acceptors (Lipinski definition) is 5. The molecule has 3 heterocycles. The molecule has 24 heavy (non-hydrogen) atoms. The first kappa shape index (κ1) is 19.1. The molecule has 3 amide bonds. The number of fused-ring (bicyclic) bond motifs is 5. The van der Waals surface area contributed by atoms with Crippen LogP contribution in [0.25, 0.3) is 0 Å². The van der Waals surface area contributed by atoms with Crippen molar-refractivity contribution >= 4 is 30.1 Å². The minimum absolute atomic E-state index is 0. The summed E-state index contributed by atoms with van der Waals surface area (Å²) >= 11 is 0. The van der Waals surface area contributed by atoms with Gasteiger partial charge in [-0.2, -0.15) is 0 Å². The first-order valence-corrected chi connectivity index (χ1v) is 8.42. The molecule has 2 bridgehead atoms. The van der Waals surface area contributed by atoms with Gasteiger partial charge in [-0.3, -0.25) is 19.3 Å². The first-order valence-electron chi connectivity index (χ1n) is 8.42. The fourth-order valence-corrected chi connectivity index (χ4v) is 4.13. The van der Waals surface area contributed by atoms with Crippen LogP contribution in [0.1, 0.15) is 33.1 Å². The van der Waals surface area contributed by atoms with Crippen molar-refractivity contribution < 1.29 is 19.1 Å². The number of nitrogens with two attached hydrogens (primary N) is 1. The van der Waals surface area contributed by atoms with Gasteiger partial charge < -0.3 is 15.8 Å². The van der Waals surface area contributed by atoms with Crippen molar-refractivity contribution in [3.8, 4) is 0 Å². The number of halogens is 1. The van der Waals surface area contributed by atoms with Gasteiger partial charge in [0.25, 0.3) is 0 Å². The van der Waals surface area contributed by atoms with Crippen molar-refractivity contribution in [2.45, 2.75) is 51.4 Å². The Labute approximate surface area is 148 Å². The summed E-state index contributed by atoms with van der Waals surface area (Å²) in [6.45, 7) is 4.24. The van der Waals surface area contributed by atoms with Crippen LogP contribution in [-0.4, -0.2) is 54.0 Å². The van der Waals surface area contributed by atoms with Crippen LogP contribution in [0.5, 0.6) is 0 Å². The van der Waals surface area contributed by atoms with E-state index in [-0.39, 0.29) is 66.8 Å². The second-order valence-corrected chi connectivity index (χ2v) is 7.23. The van der Waals surface area contributed by atoms with Crippen LogP contribution in [0.3, 0.4) is 0 Å². The van der Waals surface area contributed by atoms with E-state index in [1.165, 1.54) is 0 Å². The van der Waals surface area contributed by atoms with Crippen LogP contribution in [0.4, 0.5) is 0 Å². The van der Waals surface area contributed by atoms with Gasteiger partial charge in [0.05, 0.1) is 24.0 Å². The van der Waals surface area contributed by atoms with Gasteiger partial charge >= 0.3 is 0 Å². The number of rotatable bonds is 6. The number of likely N-dealkylation sites (tertiary alicyclic amines) is 1. The third-order valence-corrected chi connectivity index (χ3v) is 5.08. The SMILES string of the molecule is CC(C)CC(CN)NC(=O)CN1C(=O)C2C3CCC(O3)C2C1=O.Cl. The Morgan fingerprint density at radius 2 is 1.79 bits per heavy atom. The highest BCUT2D eigenvalue weighted by atomic mass is 35.5. The summed E-state index contributed by atoms with van der Waals surface area (Å²) in [5.74, 6) is -1.18. The molecule has 5 unspecified atom stereocenters. The molecular weight excluding hydrogens is 334 g/mol. The second kappa shape index (κ2) is 7.37. The number of nitrogens with one attached hydrogen (secondary N) is 1. The number of carbonyl (C=O) groups is 3. The molecule has 3 N–H and O–H groups in total. The van der Waals surface area contributed by atoms with Crippen LogP contribution in [0.15, 0.2) is 0 Å². The molecule has 0 spiro atoms. The maximum atomic E-state index is 12.5. The summed E-state index contributed by atoms with van der Waals surface area (Å²) in [4.78, 5) is 38.3. The zero-order valence-electron chi connectivity index (χ0n) is 14.1. The molecule has 0 aromatic heterocycles. The number of imide groups is 1. The lowest BCUT2D eigenvalue weighted by atomic mass is 9.81. The van der Waals surface area contributed by atoms with Gasteiger partial charge in [0.1, 0.15) is 6.54 Å². The van der Waals surface area contributed by atoms with Crippen molar-refractivity contribution in [1.29, 1.82) is 0 Å². The van der Waals surface area contributed by atoms with Gasteiger partial charge in [0, 0.05) is 12.6 Å². The summed E-state index contributed by atoms with van der Waals surface area (Å²) in [7, 11) is 0. The lowest BCUT2D eigenvalue weighted by molar-refractivity contribution is -0.146. The predicted octanol–water partition coefficient (Wildman–Crippen LogP) is 0.0602. The average molecular weight is 360 g/mol. The monoisotopic (exact) mass is 359 g/mol. The molecule has 3 aliphatic rings. The van der Waals surface area contributed by atoms with Crippen molar-refractivity contribution in [1.82, 2.24) is 10.2 Å². The van der Waals surface area contributed by atoms with Crippen molar-refractivity contribution in [3.05, 3.63) is 0 Å². The van der Waals surface area contributed by atoms with Crippen LogP contribution >= 0.6 is 12.4 Å².